The van der Waals surface area contributed by atoms with Gasteiger partial charge in [0.15, 0.2) is 11.3 Å². The van der Waals surface area contributed by atoms with Gasteiger partial charge in [-0.05, 0) is 39.0 Å². The number of amides is 2. The number of hydrogen-bond acceptors (Lipinski definition) is 6. The predicted molar refractivity (Wildman–Crippen MR) is 127 cm³/mol. The third kappa shape index (κ3) is 4.21. The zero-order valence-electron chi connectivity index (χ0n) is 20.1. The summed E-state index contributed by atoms with van der Waals surface area (Å²) >= 11 is 0. The Balaban J connectivity index is 1.69. The summed E-state index contributed by atoms with van der Waals surface area (Å²) in [4.78, 5) is 28.9. The van der Waals surface area contributed by atoms with E-state index in [1.54, 1.807) is 27.2 Å². The Hall–Kier alpha value is -3.52. The van der Waals surface area contributed by atoms with E-state index in [0.717, 1.165) is 5.56 Å². The number of nitrogens with zero attached hydrogens (tertiary/aromatic N) is 1. The highest BCUT2D eigenvalue weighted by molar-refractivity contribution is 6.04. The molecule has 0 aliphatic carbocycles. The van der Waals surface area contributed by atoms with E-state index >= 15 is 0 Å². The molecule has 0 radical (unpaired) electrons. The van der Waals surface area contributed by atoms with Gasteiger partial charge in [0.2, 0.25) is 11.7 Å². The molecule has 180 valence electrons. The number of ether oxygens (including phenoxy) is 3. The van der Waals surface area contributed by atoms with E-state index in [-0.39, 0.29) is 31.4 Å². The SMILES string of the molecule is COc1ccccc1CNC(=O)C1(C)COc2c(oc3ccccc23)C(=O)N1CC(C)(C)OC. The molecule has 8 heteroatoms. The van der Waals surface area contributed by atoms with Crippen LogP contribution in [0.4, 0.5) is 0 Å². The van der Waals surface area contributed by atoms with Crippen LogP contribution in [0.5, 0.6) is 11.5 Å². The molecular weight excluding hydrogens is 436 g/mol. The minimum Gasteiger partial charge on any atom is -0.496 e. The molecule has 0 spiro atoms. The molecule has 1 atom stereocenters. The summed E-state index contributed by atoms with van der Waals surface area (Å²) in [7, 11) is 3.16. The van der Waals surface area contributed by atoms with Gasteiger partial charge >= 0.3 is 0 Å². The number of rotatable bonds is 7. The van der Waals surface area contributed by atoms with Crippen molar-refractivity contribution in [1.82, 2.24) is 10.2 Å². The van der Waals surface area contributed by atoms with E-state index < -0.39 is 17.0 Å². The third-order valence-corrected chi connectivity index (χ3v) is 6.30. The second kappa shape index (κ2) is 9.02. The molecule has 2 aromatic carbocycles. The summed E-state index contributed by atoms with van der Waals surface area (Å²) in [6.07, 6.45) is 0. The van der Waals surface area contributed by atoms with Crippen LogP contribution in [0.3, 0.4) is 0 Å². The predicted octanol–water partition coefficient (Wildman–Crippen LogP) is 3.78. The second-order valence-corrected chi connectivity index (χ2v) is 9.17. The lowest BCUT2D eigenvalue weighted by atomic mass is 9.96. The van der Waals surface area contributed by atoms with E-state index in [1.807, 2.05) is 56.3 Å². The first-order valence-electron chi connectivity index (χ1n) is 11.1. The van der Waals surface area contributed by atoms with Gasteiger partial charge in [-0.2, -0.15) is 0 Å². The van der Waals surface area contributed by atoms with Gasteiger partial charge < -0.3 is 28.8 Å². The number of furan rings is 1. The Morgan fingerprint density at radius 3 is 2.59 bits per heavy atom. The third-order valence-electron chi connectivity index (χ3n) is 6.30. The van der Waals surface area contributed by atoms with Gasteiger partial charge in [0.1, 0.15) is 17.9 Å². The topological polar surface area (TPSA) is 90.2 Å². The Morgan fingerprint density at radius 2 is 1.85 bits per heavy atom. The van der Waals surface area contributed by atoms with Gasteiger partial charge in [-0.3, -0.25) is 9.59 Å². The lowest BCUT2D eigenvalue weighted by Crippen LogP contribution is -2.63. The van der Waals surface area contributed by atoms with Crippen molar-refractivity contribution < 1.29 is 28.2 Å². The van der Waals surface area contributed by atoms with Crippen LogP contribution >= 0.6 is 0 Å². The molecule has 0 bridgehead atoms. The molecule has 4 rings (SSSR count). The zero-order valence-corrected chi connectivity index (χ0v) is 20.1. The maximum absolute atomic E-state index is 13.8. The van der Waals surface area contributed by atoms with Gasteiger partial charge in [0, 0.05) is 19.2 Å². The van der Waals surface area contributed by atoms with E-state index in [9.17, 15) is 9.59 Å². The van der Waals surface area contributed by atoms with Crippen LogP contribution < -0.4 is 14.8 Å². The first-order chi connectivity index (χ1) is 16.2. The molecular formula is C26H30N2O6. The molecule has 2 amide bonds. The number of carbonyl (C=O) groups excluding carboxylic acids is 2. The molecule has 1 aromatic heterocycles. The number of hydrogen-bond donors (Lipinski definition) is 1. The van der Waals surface area contributed by atoms with Crippen molar-refractivity contribution in [2.75, 3.05) is 27.4 Å². The summed E-state index contributed by atoms with van der Waals surface area (Å²) < 4.78 is 23.0. The van der Waals surface area contributed by atoms with E-state index in [0.29, 0.717) is 22.5 Å². The van der Waals surface area contributed by atoms with Gasteiger partial charge in [-0.1, -0.05) is 30.3 Å². The van der Waals surface area contributed by atoms with Crippen LogP contribution in [0.1, 0.15) is 36.9 Å². The maximum Gasteiger partial charge on any atom is 0.294 e. The van der Waals surface area contributed by atoms with Crippen molar-refractivity contribution in [2.24, 2.45) is 0 Å². The van der Waals surface area contributed by atoms with Crippen molar-refractivity contribution in [3.63, 3.8) is 0 Å². The quantitative estimate of drug-likeness (QED) is 0.570. The lowest BCUT2D eigenvalue weighted by Gasteiger charge is -2.41. The normalized spacial score (nSPS) is 18.3. The molecule has 0 fully saturated rings. The van der Waals surface area contributed by atoms with Crippen molar-refractivity contribution >= 4 is 22.8 Å². The fourth-order valence-electron chi connectivity index (χ4n) is 4.04. The number of carbonyl (C=O) groups is 2. The summed E-state index contributed by atoms with van der Waals surface area (Å²) in [6.45, 7) is 5.76. The largest absolute Gasteiger partial charge is 0.496 e. The van der Waals surface area contributed by atoms with Crippen LogP contribution in [0.25, 0.3) is 11.0 Å². The van der Waals surface area contributed by atoms with Crippen LogP contribution in [-0.4, -0.2) is 55.2 Å². The molecule has 34 heavy (non-hydrogen) atoms. The first kappa shape index (κ1) is 23.6. The number of methoxy groups -OCH3 is 2. The van der Waals surface area contributed by atoms with Crippen LogP contribution in [0.15, 0.2) is 52.9 Å². The standard InChI is InChI=1S/C26H30N2O6/c1-25(2,32-5)15-28-23(29)22-21(18-11-7-9-13-20(18)34-22)33-16-26(28,3)24(30)27-14-17-10-6-8-12-19(17)31-4/h6-13H,14-16H2,1-5H3,(H,27,30). The molecule has 0 saturated heterocycles. The Kier molecular flexibility index (Phi) is 6.27. The fourth-order valence-corrected chi connectivity index (χ4v) is 4.04. The van der Waals surface area contributed by atoms with Crippen molar-refractivity contribution in [1.29, 1.82) is 0 Å². The molecule has 1 N–H and O–H groups in total. The van der Waals surface area contributed by atoms with E-state index in [1.165, 1.54) is 4.90 Å². The summed E-state index contributed by atoms with van der Waals surface area (Å²) in [6, 6.07) is 14.7. The zero-order chi connectivity index (χ0) is 24.5. The first-order valence-corrected chi connectivity index (χ1v) is 11.1. The average Bonchev–Trinajstić information content (AvgIpc) is 3.18. The number of fused-ring (bicyclic) bond motifs is 3. The monoisotopic (exact) mass is 466 g/mol. The van der Waals surface area contributed by atoms with Crippen LogP contribution in [-0.2, 0) is 16.1 Å². The molecule has 1 aliphatic heterocycles. The van der Waals surface area contributed by atoms with Gasteiger partial charge in [-0.25, -0.2) is 0 Å². The van der Waals surface area contributed by atoms with Crippen molar-refractivity contribution in [3.8, 4) is 11.5 Å². The maximum atomic E-state index is 13.8. The lowest BCUT2D eigenvalue weighted by molar-refractivity contribution is -0.135. The Labute approximate surface area is 198 Å². The summed E-state index contributed by atoms with van der Waals surface area (Å²) in [5, 5.41) is 3.65. The fraction of sp³-hybridized carbons (Fsp3) is 0.385. The Morgan fingerprint density at radius 1 is 1.15 bits per heavy atom. The molecule has 8 nitrogen and oxygen atoms in total. The number of benzene rings is 2. The molecule has 1 aliphatic rings. The highest BCUT2D eigenvalue weighted by atomic mass is 16.5. The van der Waals surface area contributed by atoms with Crippen molar-refractivity contribution in [3.05, 3.63) is 59.9 Å². The van der Waals surface area contributed by atoms with Gasteiger partial charge in [0.25, 0.3) is 5.91 Å². The summed E-state index contributed by atoms with van der Waals surface area (Å²) in [5.41, 5.74) is -0.658. The number of nitrogens with one attached hydrogen (secondary N) is 1. The molecule has 2 heterocycles. The van der Waals surface area contributed by atoms with Crippen LogP contribution in [0.2, 0.25) is 0 Å². The summed E-state index contributed by atoms with van der Waals surface area (Å²) in [5.74, 6) is 0.317. The van der Waals surface area contributed by atoms with Crippen molar-refractivity contribution in [2.45, 2.75) is 38.5 Å². The minimum absolute atomic E-state index is 0.0488. The smallest absolute Gasteiger partial charge is 0.294 e. The van der Waals surface area contributed by atoms with E-state index in [2.05, 4.69) is 5.32 Å². The highest BCUT2D eigenvalue weighted by Gasteiger charge is 2.49. The van der Waals surface area contributed by atoms with Crippen LogP contribution in [0, 0.1) is 0 Å². The molecule has 0 saturated carbocycles. The van der Waals surface area contributed by atoms with E-state index in [4.69, 9.17) is 18.6 Å². The minimum atomic E-state index is -1.32. The second-order valence-electron chi connectivity index (χ2n) is 9.17. The molecule has 1 unspecified atom stereocenters. The highest BCUT2D eigenvalue weighted by Crippen LogP contribution is 2.39. The van der Waals surface area contributed by atoms with Gasteiger partial charge in [-0.15, -0.1) is 0 Å². The number of para-hydroxylation sites is 2. The average molecular weight is 467 g/mol. The van der Waals surface area contributed by atoms with Gasteiger partial charge in [0.05, 0.1) is 24.6 Å². The molecule has 3 aromatic rings. The Bertz CT molecular complexity index is 1220.